The smallest absolute Gasteiger partial charge is 0.0663 e. The summed E-state index contributed by atoms with van der Waals surface area (Å²) >= 11 is 0. The molecule has 0 saturated carbocycles. The van der Waals surface area contributed by atoms with Crippen molar-refractivity contribution >= 4 is 0 Å². The fourth-order valence-electron chi connectivity index (χ4n) is 2.30. The van der Waals surface area contributed by atoms with Gasteiger partial charge in [0.15, 0.2) is 0 Å². The van der Waals surface area contributed by atoms with Gasteiger partial charge in [-0.3, -0.25) is 0 Å². The molecule has 2 unspecified atom stereocenters. The molecular formula is C10H14N2. The molecule has 2 aliphatic heterocycles. The van der Waals surface area contributed by atoms with Crippen LogP contribution in [0.15, 0.2) is 11.6 Å². The third kappa shape index (κ3) is 1.51. The summed E-state index contributed by atoms with van der Waals surface area (Å²) in [7, 11) is 0. The van der Waals surface area contributed by atoms with Crippen molar-refractivity contribution in [1.29, 1.82) is 5.26 Å². The lowest BCUT2D eigenvalue weighted by molar-refractivity contribution is 0.473. The Morgan fingerprint density at radius 2 is 2.08 bits per heavy atom. The van der Waals surface area contributed by atoms with Gasteiger partial charge in [-0.05, 0) is 25.7 Å². The summed E-state index contributed by atoms with van der Waals surface area (Å²) in [6.45, 7) is 0. The minimum atomic E-state index is 0.592. The highest BCUT2D eigenvalue weighted by atomic mass is 15.0. The van der Waals surface area contributed by atoms with Crippen molar-refractivity contribution in [2.24, 2.45) is 0 Å². The van der Waals surface area contributed by atoms with E-state index in [-0.39, 0.29) is 0 Å². The molecule has 2 aliphatic rings. The van der Waals surface area contributed by atoms with Crippen LogP contribution in [0.2, 0.25) is 0 Å². The molecule has 64 valence electrons. The minimum absolute atomic E-state index is 0.592. The van der Waals surface area contributed by atoms with E-state index >= 15 is 0 Å². The SMILES string of the molecule is N#CCC=C1CC2CCC(C1)N2. The molecule has 2 atom stereocenters. The van der Waals surface area contributed by atoms with E-state index in [1.165, 1.54) is 31.3 Å². The highest BCUT2D eigenvalue weighted by Crippen LogP contribution is 2.30. The number of rotatable bonds is 1. The second kappa shape index (κ2) is 3.28. The van der Waals surface area contributed by atoms with E-state index in [1.807, 2.05) is 0 Å². The minimum Gasteiger partial charge on any atom is -0.311 e. The number of nitrogens with zero attached hydrogens (tertiary/aromatic N) is 1. The maximum atomic E-state index is 8.43. The molecule has 0 aromatic heterocycles. The van der Waals surface area contributed by atoms with E-state index in [4.69, 9.17) is 5.26 Å². The van der Waals surface area contributed by atoms with Gasteiger partial charge in [-0.15, -0.1) is 0 Å². The van der Waals surface area contributed by atoms with Crippen molar-refractivity contribution in [1.82, 2.24) is 5.32 Å². The molecule has 2 saturated heterocycles. The molecule has 2 nitrogen and oxygen atoms in total. The zero-order valence-corrected chi connectivity index (χ0v) is 7.21. The zero-order chi connectivity index (χ0) is 8.39. The Morgan fingerprint density at radius 3 is 2.67 bits per heavy atom. The van der Waals surface area contributed by atoms with Crippen molar-refractivity contribution in [3.63, 3.8) is 0 Å². The molecule has 0 aliphatic carbocycles. The molecule has 1 N–H and O–H groups in total. The number of hydrogen-bond donors (Lipinski definition) is 1. The van der Waals surface area contributed by atoms with Gasteiger partial charge in [0.25, 0.3) is 0 Å². The quantitative estimate of drug-likeness (QED) is 0.596. The van der Waals surface area contributed by atoms with Gasteiger partial charge in [-0.2, -0.15) is 5.26 Å². The Balaban J connectivity index is 1.98. The van der Waals surface area contributed by atoms with Crippen molar-refractivity contribution in [3.8, 4) is 6.07 Å². The molecule has 2 heteroatoms. The van der Waals surface area contributed by atoms with Crippen LogP contribution in [0.1, 0.15) is 32.1 Å². The van der Waals surface area contributed by atoms with Crippen LogP contribution in [-0.4, -0.2) is 12.1 Å². The van der Waals surface area contributed by atoms with E-state index in [2.05, 4.69) is 17.5 Å². The van der Waals surface area contributed by atoms with Gasteiger partial charge in [-0.1, -0.05) is 11.6 Å². The van der Waals surface area contributed by atoms with Gasteiger partial charge in [-0.25, -0.2) is 0 Å². The van der Waals surface area contributed by atoms with E-state index < -0.39 is 0 Å². The van der Waals surface area contributed by atoms with Crippen molar-refractivity contribution in [2.75, 3.05) is 0 Å². The number of fused-ring (bicyclic) bond motifs is 2. The summed E-state index contributed by atoms with van der Waals surface area (Å²) in [5.41, 5.74) is 1.50. The molecule has 2 rings (SSSR count). The Kier molecular flexibility index (Phi) is 2.14. The lowest BCUT2D eigenvalue weighted by atomic mass is 9.98. The average Bonchev–Trinajstić information content (AvgIpc) is 2.42. The number of allylic oxidation sites excluding steroid dienone is 1. The van der Waals surface area contributed by atoms with Crippen LogP contribution < -0.4 is 5.32 Å². The summed E-state index contributed by atoms with van der Waals surface area (Å²) < 4.78 is 0. The first-order valence-corrected chi connectivity index (χ1v) is 4.69. The summed E-state index contributed by atoms with van der Waals surface area (Å²) in [6, 6.07) is 3.60. The number of hydrogen-bond acceptors (Lipinski definition) is 2. The van der Waals surface area contributed by atoms with Crippen LogP contribution >= 0.6 is 0 Å². The molecule has 2 heterocycles. The summed E-state index contributed by atoms with van der Waals surface area (Å²) in [6.07, 6.45) is 7.72. The first kappa shape index (κ1) is 7.82. The summed E-state index contributed by atoms with van der Waals surface area (Å²) in [4.78, 5) is 0. The first-order valence-electron chi connectivity index (χ1n) is 4.69. The van der Waals surface area contributed by atoms with Gasteiger partial charge >= 0.3 is 0 Å². The van der Waals surface area contributed by atoms with Gasteiger partial charge in [0.05, 0.1) is 12.5 Å². The van der Waals surface area contributed by atoms with Crippen LogP contribution in [0.4, 0.5) is 0 Å². The lowest BCUT2D eigenvalue weighted by Crippen LogP contribution is -2.34. The second-order valence-corrected chi connectivity index (χ2v) is 3.77. The number of piperidine rings is 1. The molecule has 0 aromatic rings. The molecule has 2 bridgehead atoms. The van der Waals surface area contributed by atoms with Crippen LogP contribution in [0.25, 0.3) is 0 Å². The van der Waals surface area contributed by atoms with Gasteiger partial charge in [0.2, 0.25) is 0 Å². The molecule has 2 fully saturated rings. The largest absolute Gasteiger partial charge is 0.311 e. The molecule has 0 radical (unpaired) electrons. The predicted molar refractivity (Wildman–Crippen MR) is 47.5 cm³/mol. The number of nitriles is 1. The van der Waals surface area contributed by atoms with Crippen LogP contribution in [0.5, 0.6) is 0 Å². The van der Waals surface area contributed by atoms with E-state index in [1.54, 1.807) is 0 Å². The van der Waals surface area contributed by atoms with Crippen molar-refractivity contribution in [2.45, 2.75) is 44.2 Å². The van der Waals surface area contributed by atoms with Crippen molar-refractivity contribution in [3.05, 3.63) is 11.6 Å². The van der Waals surface area contributed by atoms with E-state index in [0.29, 0.717) is 18.5 Å². The Morgan fingerprint density at radius 1 is 1.42 bits per heavy atom. The Hall–Kier alpha value is -0.810. The first-order chi connectivity index (χ1) is 5.88. The highest BCUT2D eigenvalue weighted by Gasteiger charge is 2.29. The predicted octanol–water partition coefficient (Wildman–Crippen LogP) is 1.74. The van der Waals surface area contributed by atoms with Gasteiger partial charge in [0, 0.05) is 12.1 Å². The van der Waals surface area contributed by atoms with Gasteiger partial charge < -0.3 is 5.32 Å². The van der Waals surface area contributed by atoms with E-state index in [0.717, 1.165) is 0 Å². The zero-order valence-electron chi connectivity index (χ0n) is 7.21. The Labute approximate surface area is 73.3 Å². The van der Waals surface area contributed by atoms with Crippen molar-refractivity contribution < 1.29 is 0 Å². The third-order valence-corrected chi connectivity index (χ3v) is 2.83. The Bertz CT molecular complexity index is 223. The average molecular weight is 162 g/mol. The molecule has 0 aromatic carbocycles. The number of nitrogens with one attached hydrogen (secondary N) is 1. The maximum absolute atomic E-state index is 8.43. The third-order valence-electron chi connectivity index (χ3n) is 2.83. The topological polar surface area (TPSA) is 35.8 Å². The monoisotopic (exact) mass is 162 g/mol. The second-order valence-electron chi connectivity index (χ2n) is 3.77. The normalized spacial score (nSPS) is 33.1. The molecule has 0 amide bonds. The lowest BCUT2D eigenvalue weighted by Gasteiger charge is -2.23. The van der Waals surface area contributed by atoms with E-state index in [9.17, 15) is 0 Å². The molecular weight excluding hydrogens is 148 g/mol. The van der Waals surface area contributed by atoms with Crippen LogP contribution in [-0.2, 0) is 0 Å². The fraction of sp³-hybridized carbons (Fsp3) is 0.700. The molecule has 0 spiro atoms. The summed E-state index contributed by atoms with van der Waals surface area (Å²) in [5.74, 6) is 0. The highest BCUT2D eigenvalue weighted by molar-refractivity contribution is 5.14. The van der Waals surface area contributed by atoms with Gasteiger partial charge in [0.1, 0.15) is 0 Å². The standard InChI is InChI=1S/C10H14N2/c11-5-1-2-8-6-9-3-4-10(7-8)12-9/h2,9-10,12H,1,3-4,6-7H2. The fourth-order valence-corrected chi connectivity index (χ4v) is 2.30. The van der Waals surface area contributed by atoms with Crippen LogP contribution in [0.3, 0.4) is 0 Å². The van der Waals surface area contributed by atoms with Crippen LogP contribution in [0, 0.1) is 11.3 Å². The molecule has 12 heavy (non-hydrogen) atoms. The maximum Gasteiger partial charge on any atom is 0.0663 e. The summed E-state index contributed by atoms with van der Waals surface area (Å²) in [5, 5.41) is 12.0.